The summed E-state index contributed by atoms with van der Waals surface area (Å²) in [5.41, 5.74) is 10.9. The minimum atomic E-state index is -1.70. The van der Waals surface area contributed by atoms with E-state index in [-0.39, 0.29) is 12.3 Å². The average molecular weight is 551 g/mol. The van der Waals surface area contributed by atoms with Crippen LogP contribution in [0.2, 0.25) is 0 Å². The van der Waals surface area contributed by atoms with Crippen molar-refractivity contribution in [1.29, 1.82) is 0 Å². The smallest absolute Gasteiger partial charge is 0.328 e. The van der Waals surface area contributed by atoms with Crippen LogP contribution in [-0.4, -0.2) is 106 Å². The average Bonchev–Trinajstić information content (AvgIpc) is 2.80. The van der Waals surface area contributed by atoms with E-state index in [9.17, 15) is 33.9 Å². The quantitative estimate of drug-likeness (QED) is 0.0842. The van der Waals surface area contributed by atoms with Gasteiger partial charge in [-0.2, -0.15) is 11.8 Å². The molecular weight excluding hydrogens is 512 g/mol. The predicted octanol–water partition coefficient (Wildman–Crippen LogP) is -4.00. The molecule has 0 aliphatic heterocycles. The molecule has 0 unspecified atom stereocenters. The van der Waals surface area contributed by atoms with Crippen molar-refractivity contribution in [3.63, 3.8) is 0 Å². The molecule has 0 saturated carbocycles. The van der Waals surface area contributed by atoms with Crippen molar-refractivity contribution in [2.45, 2.75) is 69.9 Å². The van der Waals surface area contributed by atoms with Gasteiger partial charge in [-0.25, -0.2) is 4.79 Å². The molecule has 5 amide bonds. The second-order valence-electron chi connectivity index (χ2n) is 8.65. The maximum atomic E-state index is 13.0. The molecule has 0 aromatic rings. The Labute approximate surface area is 218 Å². The number of thioether (sulfide) groups is 1. The molecule has 0 radical (unpaired) electrons. The lowest BCUT2D eigenvalue weighted by atomic mass is 10.0. The number of primary amides is 1. The van der Waals surface area contributed by atoms with Gasteiger partial charge in [0.15, 0.2) is 0 Å². The number of nitrogens with two attached hydrogens (primary N) is 2. The summed E-state index contributed by atoms with van der Waals surface area (Å²) in [6, 6.07) is -6.98. The maximum Gasteiger partial charge on any atom is 0.328 e. The number of hydrogen-bond acceptors (Lipinski definition) is 10. The first kappa shape index (κ1) is 34.0. The van der Waals surface area contributed by atoms with E-state index in [2.05, 4.69) is 16.0 Å². The Balaban J connectivity index is 5.72. The molecule has 0 heterocycles. The molecule has 16 heteroatoms. The summed E-state index contributed by atoms with van der Waals surface area (Å²) in [5.74, 6) is -6.00. The monoisotopic (exact) mass is 550 g/mol. The number of carboxylic acid groups (broad SMARTS) is 1. The number of carbonyl (C=O) groups is 6. The van der Waals surface area contributed by atoms with Gasteiger partial charge >= 0.3 is 5.97 Å². The third kappa shape index (κ3) is 12.2. The molecular formula is C21H38N6O9S. The molecule has 0 aliphatic rings. The highest BCUT2D eigenvalue weighted by atomic mass is 32.2. The topological polar surface area (TPSA) is 263 Å². The zero-order chi connectivity index (χ0) is 28.9. The first-order chi connectivity index (χ1) is 17.2. The van der Waals surface area contributed by atoms with E-state index in [4.69, 9.17) is 21.7 Å². The van der Waals surface area contributed by atoms with Crippen LogP contribution in [0, 0.1) is 5.92 Å². The zero-order valence-electron chi connectivity index (χ0n) is 21.2. The number of aliphatic carboxylic acids is 1. The van der Waals surface area contributed by atoms with Gasteiger partial charge in [0.25, 0.3) is 0 Å². The summed E-state index contributed by atoms with van der Waals surface area (Å²) in [4.78, 5) is 73.2. The largest absolute Gasteiger partial charge is 0.480 e. The van der Waals surface area contributed by atoms with Gasteiger partial charge in [0.2, 0.25) is 29.5 Å². The highest BCUT2D eigenvalue weighted by Crippen LogP contribution is 2.06. The summed E-state index contributed by atoms with van der Waals surface area (Å²) in [6.45, 7) is 3.71. The summed E-state index contributed by atoms with van der Waals surface area (Å²) in [5, 5.41) is 37.2. The van der Waals surface area contributed by atoms with Crippen molar-refractivity contribution >= 4 is 47.3 Å². The molecule has 0 saturated heterocycles. The molecule has 0 bridgehead atoms. The molecule has 0 aliphatic carbocycles. The fourth-order valence-corrected chi connectivity index (χ4v) is 3.34. The van der Waals surface area contributed by atoms with Gasteiger partial charge in [-0.15, -0.1) is 0 Å². The van der Waals surface area contributed by atoms with Crippen LogP contribution in [0.25, 0.3) is 0 Å². The van der Waals surface area contributed by atoms with Gasteiger partial charge < -0.3 is 48.1 Å². The second-order valence-corrected chi connectivity index (χ2v) is 9.64. The summed E-state index contributed by atoms with van der Waals surface area (Å²) in [7, 11) is 0. The molecule has 0 aromatic heterocycles. The van der Waals surface area contributed by atoms with Crippen molar-refractivity contribution < 1.29 is 44.1 Å². The van der Waals surface area contributed by atoms with E-state index < -0.39 is 84.8 Å². The molecule has 6 atom stereocenters. The summed E-state index contributed by atoms with van der Waals surface area (Å²) < 4.78 is 0. The Morgan fingerprint density at radius 1 is 0.838 bits per heavy atom. The number of hydrogen-bond donors (Lipinski definition) is 9. The maximum absolute atomic E-state index is 13.0. The zero-order valence-corrected chi connectivity index (χ0v) is 22.0. The van der Waals surface area contributed by atoms with E-state index >= 15 is 0 Å². The molecule has 0 rings (SSSR count). The lowest BCUT2D eigenvalue weighted by Gasteiger charge is -2.27. The van der Waals surface area contributed by atoms with Crippen LogP contribution in [0.1, 0.15) is 33.6 Å². The first-order valence-electron chi connectivity index (χ1n) is 11.4. The van der Waals surface area contributed by atoms with Crippen molar-refractivity contribution in [3.8, 4) is 0 Å². The summed E-state index contributed by atoms with van der Waals surface area (Å²) >= 11 is 1.34. The normalized spacial score (nSPS) is 15.9. The number of aliphatic hydroxyl groups excluding tert-OH is 2. The molecule has 11 N–H and O–H groups in total. The van der Waals surface area contributed by atoms with Gasteiger partial charge in [-0.1, -0.05) is 13.8 Å². The lowest BCUT2D eigenvalue weighted by Crippen LogP contribution is -2.61. The first-order valence-corrected chi connectivity index (χ1v) is 12.8. The van der Waals surface area contributed by atoms with Crippen molar-refractivity contribution in [3.05, 3.63) is 0 Å². The Bertz CT molecular complexity index is 826. The fourth-order valence-electron chi connectivity index (χ4n) is 2.86. The molecule has 37 heavy (non-hydrogen) atoms. The minimum absolute atomic E-state index is 0.0595. The van der Waals surface area contributed by atoms with Gasteiger partial charge in [0.1, 0.15) is 24.2 Å². The molecule has 0 aromatic carbocycles. The van der Waals surface area contributed by atoms with E-state index in [0.29, 0.717) is 5.75 Å². The number of aliphatic hydroxyl groups is 2. The number of carbonyl (C=O) groups excluding carboxylic acids is 5. The molecule has 0 spiro atoms. The van der Waals surface area contributed by atoms with Gasteiger partial charge in [0.05, 0.1) is 25.2 Å². The van der Waals surface area contributed by atoms with Crippen LogP contribution < -0.4 is 32.7 Å². The van der Waals surface area contributed by atoms with Crippen molar-refractivity contribution in [2.24, 2.45) is 17.4 Å². The number of nitrogens with one attached hydrogen (secondary N) is 4. The third-order valence-corrected chi connectivity index (χ3v) is 5.81. The Morgan fingerprint density at radius 2 is 1.35 bits per heavy atom. The van der Waals surface area contributed by atoms with Gasteiger partial charge in [0, 0.05) is 0 Å². The molecule has 15 nitrogen and oxygen atoms in total. The minimum Gasteiger partial charge on any atom is -0.480 e. The van der Waals surface area contributed by atoms with Gasteiger partial charge in [-0.05, 0) is 31.3 Å². The van der Waals surface area contributed by atoms with E-state index in [1.54, 1.807) is 20.1 Å². The van der Waals surface area contributed by atoms with Crippen molar-refractivity contribution in [2.75, 3.05) is 18.6 Å². The SMILES string of the molecule is CSCC[C@H](NC(=O)[C@@H](NC(=O)[C@@H](N)C(C)C)[C@@H](C)O)C(=O)N[C@@H](CC(N)=O)C(=O)N[C@@H](CO)C(=O)O. The lowest BCUT2D eigenvalue weighted by molar-refractivity contribution is -0.143. The van der Waals surface area contributed by atoms with Crippen LogP contribution in [0.5, 0.6) is 0 Å². The van der Waals surface area contributed by atoms with Crippen LogP contribution >= 0.6 is 11.8 Å². The van der Waals surface area contributed by atoms with Crippen molar-refractivity contribution in [1.82, 2.24) is 21.3 Å². The number of carboxylic acids is 1. The van der Waals surface area contributed by atoms with E-state index in [0.717, 1.165) is 0 Å². The van der Waals surface area contributed by atoms with E-state index in [1.807, 2.05) is 5.32 Å². The highest BCUT2D eigenvalue weighted by molar-refractivity contribution is 7.98. The second kappa shape index (κ2) is 16.7. The Hall–Kier alpha value is -2.95. The Kier molecular flexibility index (Phi) is 15.4. The Morgan fingerprint density at radius 3 is 1.78 bits per heavy atom. The molecule has 212 valence electrons. The van der Waals surface area contributed by atoms with Crippen LogP contribution in [0.15, 0.2) is 0 Å². The van der Waals surface area contributed by atoms with Crippen LogP contribution in [-0.2, 0) is 28.8 Å². The highest BCUT2D eigenvalue weighted by Gasteiger charge is 2.33. The molecule has 0 fully saturated rings. The summed E-state index contributed by atoms with van der Waals surface area (Å²) in [6.07, 6.45) is -0.248. The van der Waals surface area contributed by atoms with E-state index in [1.165, 1.54) is 18.7 Å². The number of rotatable bonds is 17. The number of amides is 5. The standard InChI is InChI=1S/C21H38N6O9S/c1-9(2)15(23)19(33)27-16(10(3)29)20(34)24-11(5-6-37-4)17(31)25-12(7-14(22)30)18(32)26-13(8-28)21(35)36/h9-13,15-16,28-29H,5-8,23H2,1-4H3,(H2,22,30)(H,24,34)(H,25,31)(H,26,32)(H,27,33)(H,35,36)/t10-,11+,12+,13+,15+,16+/m1/s1. The third-order valence-electron chi connectivity index (χ3n) is 5.16. The predicted molar refractivity (Wildman–Crippen MR) is 134 cm³/mol. The van der Waals surface area contributed by atoms with Crippen LogP contribution in [0.3, 0.4) is 0 Å². The van der Waals surface area contributed by atoms with Crippen LogP contribution in [0.4, 0.5) is 0 Å². The fraction of sp³-hybridized carbons (Fsp3) is 0.714. The van der Waals surface area contributed by atoms with Gasteiger partial charge in [-0.3, -0.25) is 24.0 Å².